The summed E-state index contributed by atoms with van der Waals surface area (Å²) in [5.41, 5.74) is -0.138. The highest BCUT2D eigenvalue weighted by atomic mass is 35.5. The Morgan fingerprint density at radius 2 is 1.83 bits per heavy atom. The summed E-state index contributed by atoms with van der Waals surface area (Å²) in [5, 5.41) is 7.03. The summed E-state index contributed by atoms with van der Waals surface area (Å²) >= 11 is 11.1. The van der Waals surface area contributed by atoms with Crippen LogP contribution in [0.15, 0.2) is 54.1 Å². The molecule has 0 spiro atoms. The lowest BCUT2D eigenvalue weighted by molar-refractivity contribution is -0.137. The summed E-state index contributed by atoms with van der Waals surface area (Å²) in [6.45, 7) is 1.61. The zero-order valence-corrected chi connectivity index (χ0v) is 19.8. The van der Waals surface area contributed by atoms with Crippen molar-refractivity contribution >= 4 is 52.5 Å². The quantitative estimate of drug-likeness (QED) is 0.297. The number of alkyl halides is 3. The molecule has 0 bridgehead atoms. The first-order chi connectivity index (χ1) is 16.5. The van der Waals surface area contributed by atoms with Crippen molar-refractivity contribution in [3.05, 3.63) is 75.9 Å². The lowest BCUT2D eigenvalue weighted by Crippen LogP contribution is -2.54. The van der Waals surface area contributed by atoms with Crippen molar-refractivity contribution in [2.45, 2.75) is 13.1 Å². The lowest BCUT2D eigenvalue weighted by atomic mass is 10.1. The van der Waals surface area contributed by atoms with Crippen LogP contribution in [-0.4, -0.2) is 26.7 Å². The smallest absolute Gasteiger partial charge is 0.416 e. The Bertz CT molecular complexity index is 1380. The second kappa shape index (κ2) is 9.16. The third-order valence-corrected chi connectivity index (χ3v) is 5.60. The summed E-state index contributed by atoms with van der Waals surface area (Å²) in [7, 11) is 1.52. The zero-order chi connectivity index (χ0) is 25.5. The van der Waals surface area contributed by atoms with Crippen molar-refractivity contribution < 1.29 is 27.5 Å². The Morgan fingerprint density at radius 1 is 1.14 bits per heavy atom. The minimum absolute atomic E-state index is 0.0427. The first-order valence-corrected chi connectivity index (χ1v) is 10.8. The second-order valence-electron chi connectivity index (χ2n) is 7.49. The van der Waals surface area contributed by atoms with E-state index >= 15 is 0 Å². The molecule has 1 fully saturated rings. The molecular weight excluding hydrogens is 505 g/mol. The predicted molar refractivity (Wildman–Crippen MR) is 127 cm³/mol. The van der Waals surface area contributed by atoms with Crippen LogP contribution < -0.4 is 15.0 Å². The van der Waals surface area contributed by atoms with E-state index in [-0.39, 0.29) is 27.9 Å². The van der Waals surface area contributed by atoms with Crippen LogP contribution in [0, 0.1) is 6.92 Å². The van der Waals surface area contributed by atoms with Crippen molar-refractivity contribution in [2.24, 2.45) is 7.05 Å². The average Bonchev–Trinajstić information content (AvgIpc) is 3.04. The number of nitrogens with one attached hydrogen (secondary N) is 1. The molecule has 180 valence electrons. The summed E-state index contributed by atoms with van der Waals surface area (Å²) in [5.74, 6) is -1.49. The Balaban J connectivity index is 1.74. The molecule has 2 heterocycles. The van der Waals surface area contributed by atoms with Gasteiger partial charge in [0.05, 0.1) is 22.5 Å². The van der Waals surface area contributed by atoms with Gasteiger partial charge in [0.25, 0.3) is 11.8 Å². The fourth-order valence-electron chi connectivity index (χ4n) is 3.41. The number of ether oxygens (including phenoxy) is 1. The third-order valence-electron chi connectivity index (χ3n) is 5.07. The number of aromatic nitrogens is 2. The van der Waals surface area contributed by atoms with Gasteiger partial charge in [-0.3, -0.25) is 19.8 Å². The molecule has 2 amide bonds. The Kier molecular flexibility index (Phi) is 6.39. The van der Waals surface area contributed by atoms with E-state index in [0.29, 0.717) is 16.4 Å². The molecule has 1 aromatic heterocycles. The first kappa shape index (κ1) is 24.4. The number of hydrogen-bond donors (Lipinski definition) is 1. The van der Waals surface area contributed by atoms with Crippen molar-refractivity contribution in [2.75, 3.05) is 4.90 Å². The molecule has 3 aromatic rings. The molecule has 35 heavy (non-hydrogen) atoms. The normalized spacial score (nSPS) is 15.5. The van der Waals surface area contributed by atoms with Crippen molar-refractivity contribution in [3.63, 3.8) is 0 Å². The highest BCUT2D eigenvalue weighted by Crippen LogP contribution is 2.35. The summed E-state index contributed by atoms with van der Waals surface area (Å²) < 4.78 is 46.3. The Morgan fingerprint density at radius 3 is 2.49 bits per heavy atom. The molecule has 1 aliphatic rings. The maximum atomic E-state index is 13.3. The van der Waals surface area contributed by atoms with E-state index in [4.69, 9.17) is 28.6 Å². The number of carbonyl (C=O) groups excluding carboxylic acids is 2. The molecule has 1 aliphatic heterocycles. The number of amides is 2. The summed E-state index contributed by atoms with van der Waals surface area (Å²) in [4.78, 5) is 27.1. The molecule has 0 radical (unpaired) electrons. The monoisotopic (exact) mass is 520 g/mol. The van der Waals surface area contributed by atoms with Crippen LogP contribution in [0.25, 0.3) is 6.08 Å². The lowest BCUT2D eigenvalue weighted by Gasteiger charge is -2.28. The van der Waals surface area contributed by atoms with Gasteiger partial charge in [0, 0.05) is 12.1 Å². The fourth-order valence-corrected chi connectivity index (χ4v) is 3.82. The van der Waals surface area contributed by atoms with Crippen LogP contribution in [-0.2, 0) is 22.8 Å². The van der Waals surface area contributed by atoms with Gasteiger partial charge >= 0.3 is 6.18 Å². The Hall–Kier alpha value is -3.70. The van der Waals surface area contributed by atoms with Gasteiger partial charge in [-0.25, -0.2) is 4.68 Å². The van der Waals surface area contributed by atoms with E-state index in [1.54, 1.807) is 31.2 Å². The van der Waals surface area contributed by atoms with Crippen molar-refractivity contribution in [3.8, 4) is 11.6 Å². The molecule has 0 aliphatic carbocycles. The van der Waals surface area contributed by atoms with Gasteiger partial charge in [0.2, 0.25) is 5.88 Å². The van der Waals surface area contributed by atoms with Crippen LogP contribution in [0.2, 0.25) is 5.02 Å². The maximum Gasteiger partial charge on any atom is 0.416 e. The third kappa shape index (κ3) is 4.91. The molecule has 0 atom stereocenters. The number of halogens is 4. The minimum Gasteiger partial charge on any atom is -0.439 e. The number of benzene rings is 2. The summed E-state index contributed by atoms with van der Waals surface area (Å²) in [6, 6.07) is 10.6. The van der Waals surface area contributed by atoms with Crippen LogP contribution in [0.4, 0.5) is 18.9 Å². The molecule has 1 N–H and O–H groups in total. The SMILES string of the molecule is Cc1nn(C)c(Oc2cccc(C(F)(F)F)c2)c1C=C1C(=O)NC(=S)N(c2ccc(Cl)cc2)C1=O. The molecule has 0 saturated carbocycles. The maximum absolute atomic E-state index is 13.3. The van der Waals surface area contributed by atoms with Gasteiger partial charge in [-0.05, 0) is 67.7 Å². The molecule has 7 nitrogen and oxygen atoms in total. The number of thiocarbonyl (C=S) groups is 1. The van der Waals surface area contributed by atoms with Gasteiger partial charge in [-0.2, -0.15) is 18.3 Å². The van der Waals surface area contributed by atoms with E-state index in [0.717, 1.165) is 17.0 Å². The van der Waals surface area contributed by atoms with Gasteiger partial charge in [-0.15, -0.1) is 0 Å². The highest BCUT2D eigenvalue weighted by Gasteiger charge is 2.35. The van der Waals surface area contributed by atoms with Gasteiger partial charge in [0.15, 0.2) is 5.11 Å². The van der Waals surface area contributed by atoms with E-state index in [9.17, 15) is 22.8 Å². The largest absolute Gasteiger partial charge is 0.439 e. The number of anilines is 1. The fraction of sp³-hybridized carbons (Fsp3) is 0.130. The standard InChI is InChI=1S/C23H16ClF3N4O3S/c1-12-17(21(30(2)29-12)34-16-5-3-4-13(10-16)23(25,26)27)11-18-19(32)28-22(35)31(20(18)33)15-8-6-14(24)7-9-15/h3-11H,1-2H3,(H,28,32,35). The number of nitrogens with zero attached hydrogens (tertiary/aromatic N) is 3. The number of carbonyl (C=O) groups is 2. The molecule has 2 aromatic carbocycles. The van der Waals surface area contributed by atoms with Gasteiger partial charge < -0.3 is 4.74 Å². The van der Waals surface area contributed by atoms with E-state index in [1.807, 2.05) is 0 Å². The zero-order valence-electron chi connectivity index (χ0n) is 18.2. The van der Waals surface area contributed by atoms with Gasteiger partial charge in [0.1, 0.15) is 11.3 Å². The molecule has 1 saturated heterocycles. The van der Waals surface area contributed by atoms with E-state index in [1.165, 1.54) is 29.9 Å². The molecule has 0 unspecified atom stereocenters. The van der Waals surface area contributed by atoms with Crippen LogP contribution in [0.3, 0.4) is 0 Å². The predicted octanol–water partition coefficient (Wildman–Crippen LogP) is 5.02. The Labute approximate surface area is 207 Å². The average molecular weight is 521 g/mol. The van der Waals surface area contributed by atoms with Crippen molar-refractivity contribution in [1.82, 2.24) is 15.1 Å². The molecule has 4 rings (SSSR count). The van der Waals surface area contributed by atoms with Crippen LogP contribution in [0.1, 0.15) is 16.8 Å². The topological polar surface area (TPSA) is 76.5 Å². The van der Waals surface area contributed by atoms with E-state index in [2.05, 4.69) is 10.4 Å². The second-order valence-corrected chi connectivity index (χ2v) is 8.31. The number of rotatable bonds is 4. The number of hydrogen-bond acceptors (Lipinski definition) is 5. The molecular formula is C23H16ClF3N4O3S. The number of aryl methyl sites for hydroxylation is 2. The summed E-state index contributed by atoms with van der Waals surface area (Å²) in [6.07, 6.45) is -3.28. The van der Waals surface area contributed by atoms with Gasteiger partial charge in [-0.1, -0.05) is 17.7 Å². The van der Waals surface area contributed by atoms with E-state index < -0.39 is 23.6 Å². The van der Waals surface area contributed by atoms with Crippen molar-refractivity contribution in [1.29, 1.82) is 0 Å². The van der Waals surface area contributed by atoms with Crippen LogP contribution >= 0.6 is 23.8 Å². The minimum atomic E-state index is -4.55. The van der Waals surface area contributed by atoms with Crippen LogP contribution in [0.5, 0.6) is 11.6 Å². The molecule has 12 heteroatoms. The first-order valence-electron chi connectivity index (χ1n) is 10.0. The highest BCUT2D eigenvalue weighted by molar-refractivity contribution is 7.80.